The van der Waals surface area contributed by atoms with Crippen LogP contribution < -0.4 is 15.8 Å². The molecule has 1 aromatic rings. The molecule has 0 amide bonds. The molecule has 1 atom stereocenters. The van der Waals surface area contributed by atoms with Crippen LogP contribution in [0, 0.1) is 5.92 Å². The van der Waals surface area contributed by atoms with Gasteiger partial charge in [0.1, 0.15) is 5.69 Å². The summed E-state index contributed by atoms with van der Waals surface area (Å²) in [5.41, 5.74) is 0.563. The molecule has 1 N–H and O–H groups in total. The van der Waals surface area contributed by atoms with Crippen molar-refractivity contribution in [2.45, 2.75) is 44.7 Å². The Morgan fingerprint density at radius 2 is 2.19 bits per heavy atom. The Bertz CT molecular complexity index is 547. The second-order valence-corrected chi connectivity index (χ2v) is 6.62. The van der Waals surface area contributed by atoms with Crippen LogP contribution in [-0.2, 0) is 6.54 Å². The molecule has 1 aliphatic heterocycles. The van der Waals surface area contributed by atoms with Crippen LogP contribution in [0.5, 0.6) is 0 Å². The number of hydrogen-bond acceptors (Lipinski definition) is 4. The third-order valence-electron chi connectivity index (χ3n) is 4.55. The molecule has 2 aliphatic rings. The smallest absolute Gasteiger partial charge is 0.291 e. The van der Waals surface area contributed by atoms with Crippen LogP contribution in [0.25, 0.3) is 0 Å². The summed E-state index contributed by atoms with van der Waals surface area (Å²) in [6.07, 6.45) is 7.29. The highest BCUT2D eigenvalue weighted by molar-refractivity contribution is 6.33. The summed E-state index contributed by atoms with van der Waals surface area (Å²) < 4.78 is 1.59. The van der Waals surface area contributed by atoms with Gasteiger partial charge in [-0.3, -0.25) is 4.79 Å². The van der Waals surface area contributed by atoms with Gasteiger partial charge in [-0.1, -0.05) is 11.6 Å². The molecular formula is C15H23ClN4O. The first-order valence-electron chi connectivity index (χ1n) is 7.86. The molecule has 0 radical (unpaired) electrons. The molecule has 116 valence electrons. The van der Waals surface area contributed by atoms with Crippen molar-refractivity contribution in [2.75, 3.05) is 25.0 Å². The van der Waals surface area contributed by atoms with Gasteiger partial charge in [0, 0.05) is 19.6 Å². The molecule has 0 aromatic carbocycles. The van der Waals surface area contributed by atoms with Gasteiger partial charge in [-0.2, -0.15) is 5.10 Å². The Morgan fingerprint density at radius 3 is 2.95 bits per heavy atom. The lowest BCUT2D eigenvalue weighted by atomic mass is 10.1. The fourth-order valence-corrected chi connectivity index (χ4v) is 3.28. The predicted octanol–water partition coefficient (Wildman–Crippen LogP) is 1.88. The standard InChI is InChI=1S/C15H23ClN4O/c1-19(12-3-2-7-17-8-6-12)14-13(16)9-18-20(15(14)21)10-11-4-5-11/h9,11-12,17H,2-8,10H2,1H3. The third kappa shape index (κ3) is 3.40. The average molecular weight is 311 g/mol. The molecule has 1 unspecified atom stereocenters. The second-order valence-electron chi connectivity index (χ2n) is 6.22. The Balaban J connectivity index is 1.86. The van der Waals surface area contributed by atoms with Gasteiger partial charge in [0.25, 0.3) is 5.56 Å². The van der Waals surface area contributed by atoms with Crippen molar-refractivity contribution >= 4 is 17.3 Å². The predicted molar refractivity (Wildman–Crippen MR) is 85.1 cm³/mol. The van der Waals surface area contributed by atoms with E-state index in [2.05, 4.69) is 15.3 Å². The molecule has 1 saturated carbocycles. The van der Waals surface area contributed by atoms with Gasteiger partial charge < -0.3 is 10.2 Å². The molecular weight excluding hydrogens is 288 g/mol. The van der Waals surface area contributed by atoms with Crippen molar-refractivity contribution in [3.63, 3.8) is 0 Å². The third-order valence-corrected chi connectivity index (χ3v) is 4.82. The van der Waals surface area contributed by atoms with Crippen molar-refractivity contribution in [3.8, 4) is 0 Å². The minimum atomic E-state index is -0.0471. The van der Waals surface area contributed by atoms with E-state index in [0.29, 0.717) is 22.7 Å². The number of nitrogens with one attached hydrogen (secondary N) is 1. The molecule has 2 heterocycles. The monoisotopic (exact) mass is 310 g/mol. The van der Waals surface area contributed by atoms with Crippen molar-refractivity contribution in [2.24, 2.45) is 5.92 Å². The van der Waals surface area contributed by atoms with E-state index < -0.39 is 0 Å². The second kappa shape index (κ2) is 6.36. The average Bonchev–Trinajstić information content (AvgIpc) is 3.28. The van der Waals surface area contributed by atoms with Gasteiger partial charge in [0.05, 0.1) is 11.2 Å². The van der Waals surface area contributed by atoms with Crippen LogP contribution >= 0.6 is 11.6 Å². The minimum absolute atomic E-state index is 0.0471. The normalized spacial score (nSPS) is 22.9. The zero-order chi connectivity index (χ0) is 14.8. The van der Waals surface area contributed by atoms with E-state index in [1.165, 1.54) is 12.8 Å². The van der Waals surface area contributed by atoms with Crippen LogP contribution in [0.2, 0.25) is 5.02 Å². The number of halogens is 1. The fraction of sp³-hybridized carbons (Fsp3) is 0.733. The number of aromatic nitrogens is 2. The molecule has 0 bridgehead atoms. The van der Waals surface area contributed by atoms with Gasteiger partial charge in [0.15, 0.2) is 0 Å². The summed E-state index contributed by atoms with van der Waals surface area (Å²) in [5, 5.41) is 8.07. The number of anilines is 1. The largest absolute Gasteiger partial charge is 0.366 e. The molecule has 1 aliphatic carbocycles. The highest BCUT2D eigenvalue weighted by Gasteiger charge is 2.26. The molecule has 1 aromatic heterocycles. The summed E-state index contributed by atoms with van der Waals surface area (Å²) in [5.74, 6) is 0.622. The van der Waals surface area contributed by atoms with Crippen LogP contribution in [-0.4, -0.2) is 36.0 Å². The Labute approximate surface area is 130 Å². The van der Waals surface area contributed by atoms with E-state index >= 15 is 0 Å². The summed E-state index contributed by atoms with van der Waals surface area (Å²) >= 11 is 6.28. The first-order chi connectivity index (χ1) is 10.2. The van der Waals surface area contributed by atoms with Crippen molar-refractivity contribution in [1.82, 2.24) is 15.1 Å². The van der Waals surface area contributed by atoms with E-state index in [9.17, 15) is 4.79 Å². The van der Waals surface area contributed by atoms with Crippen LogP contribution in [0.3, 0.4) is 0 Å². The number of nitrogens with zero attached hydrogens (tertiary/aromatic N) is 3. The van der Waals surface area contributed by atoms with Gasteiger partial charge >= 0.3 is 0 Å². The lowest BCUT2D eigenvalue weighted by Gasteiger charge is -2.29. The summed E-state index contributed by atoms with van der Waals surface area (Å²) in [7, 11) is 1.99. The zero-order valence-electron chi connectivity index (χ0n) is 12.5. The number of rotatable bonds is 4. The highest BCUT2D eigenvalue weighted by Crippen LogP contribution is 2.30. The van der Waals surface area contributed by atoms with Crippen molar-refractivity contribution in [3.05, 3.63) is 21.6 Å². The van der Waals surface area contributed by atoms with Crippen LogP contribution in [0.1, 0.15) is 32.1 Å². The van der Waals surface area contributed by atoms with Gasteiger partial charge in [0.2, 0.25) is 0 Å². The quantitative estimate of drug-likeness (QED) is 0.922. The van der Waals surface area contributed by atoms with Gasteiger partial charge in [-0.05, 0) is 51.1 Å². The topological polar surface area (TPSA) is 50.2 Å². The Kier molecular flexibility index (Phi) is 4.50. The van der Waals surface area contributed by atoms with Crippen molar-refractivity contribution < 1.29 is 0 Å². The van der Waals surface area contributed by atoms with Crippen LogP contribution in [0.15, 0.2) is 11.0 Å². The minimum Gasteiger partial charge on any atom is -0.366 e. The zero-order valence-corrected chi connectivity index (χ0v) is 13.3. The molecule has 21 heavy (non-hydrogen) atoms. The maximum atomic E-state index is 12.7. The van der Waals surface area contributed by atoms with E-state index in [1.54, 1.807) is 10.9 Å². The first-order valence-corrected chi connectivity index (χ1v) is 8.24. The number of hydrogen-bond donors (Lipinski definition) is 1. The SMILES string of the molecule is CN(c1c(Cl)cnn(CC2CC2)c1=O)C1CCCNCC1. The molecule has 1 saturated heterocycles. The summed E-state index contributed by atoms with van der Waals surface area (Å²) in [6.45, 7) is 2.78. The molecule has 3 rings (SSSR count). The van der Waals surface area contributed by atoms with Gasteiger partial charge in [-0.25, -0.2) is 4.68 Å². The van der Waals surface area contributed by atoms with Gasteiger partial charge in [-0.15, -0.1) is 0 Å². The molecule has 0 spiro atoms. The van der Waals surface area contributed by atoms with E-state index in [0.717, 1.165) is 38.9 Å². The summed E-state index contributed by atoms with van der Waals surface area (Å²) in [6, 6.07) is 0.363. The first kappa shape index (κ1) is 14.9. The molecule has 2 fully saturated rings. The van der Waals surface area contributed by atoms with E-state index in [4.69, 9.17) is 11.6 Å². The lowest BCUT2D eigenvalue weighted by Crippen LogP contribution is -2.38. The Morgan fingerprint density at radius 1 is 1.38 bits per heavy atom. The maximum Gasteiger partial charge on any atom is 0.291 e. The Hall–Kier alpha value is -1.07. The molecule has 5 nitrogen and oxygen atoms in total. The fourth-order valence-electron chi connectivity index (χ4n) is 3.02. The summed E-state index contributed by atoms with van der Waals surface area (Å²) in [4.78, 5) is 14.8. The lowest BCUT2D eigenvalue weighted by molar-refractivity contribution is 0.522. The maximum absolute atomic E-state index is 12.7. The van der Waals surface area contributed by atoms with E-state index in [1.807, 2.05) is 7.05 Å². The molecule has 6 heteroatoms. The van der Waals surface area contributed by atoms with Crippen molar-refractivity contribution in [1.29, 1.82) is 0 Å². The van der Waals surface area contributed by atoms with E-state index in [-0.39, 0.29) is 5.56 Å². The van der Waals surface area contributed by atoms with Crippen LogP contribution in [0.4, 0.5) is 5.69 Å². The highest BCUT2D eigenvalue weighted by atomic mass is 35.5.